The van der Waals surface area contributed by atoms with E-state index in [2.05, 4.69) is 20.6 Å². The molecule has 3 N–H and O–H groups in total. The third-order valence-electron chi connectivity index (χ3n) is 5.30. The van der Waals surface area contributed by atoms with Crippen molar-refractivity contribution >= 4 is 22.8 Å². The molecular weight excluding hydrogens is 438 g/mol. The second kappa shape index (κ2) is 10.8. The normalized spacial score (nSPS) is 11.0. The predicted molar refractivity (Wildman–Crippen MR) is 129 cm³/mol. The van der Waals surface area contributed by atoms with Crippen LogP contribution in [0.5, 0.6) is 5.75 Å². The maximum Gasteiger partial charge on any atom is 0.329 e. The summed E-state index contributed by atoms with van der Waals surface area (Å²) in [7, 11) is 1.55. The highest BCUT2D eigenvalue weighted by molar-refractivity contribution is 6.05. The highest BCUT2D eigenvalue weighted by atomic mass is 16.5. The summed E-state index contributed by atoms with van der Waals surface area (Å²) < 4.78 is 6.46. The van der Waals surface area contributed by atoms with E-state index in [0.717, 1.165) is 0 Å². The van der Waals surface area contributed by atoms with Gasteiger partial charge in [-0.3, -0.25) is 23.9 Å². The molecule has 10 nitrogen and oxygen atoms in total. The fourth-order valence-corrected chi connectivity index (χ4v) is 3.49. The van der Waals surface area contributed by atoms with E-state index in [9.17, 15) is 19.2 Å². The van der Waals surface area contributed by atoms with Gasteiger partial charge in [0.2, 0.25) is 0 Å². The lowest BCUT2D eigenvalue weighted by Crippen LogP contribution is -2.36. The van der Waals surface area contributed by atoms with E-state index >= 15 is 0 Å². The molecule has 3 rings (SSSR count). The van der Waals surface area contributed by atoms with Crippen LogP contribution < -0.4 is 26.6 Å². The lowest BCUT2D eigenvalue weighted by molar-refractivity contribution is 0.0928. The minimum Gasteiger partial charge on any atom is -0.497 e. The topological polar surface area (TPSA) is 135 Å². The van der Waals surface area contributed by atoms with Crippen molar-refractivity contribution in [2.24, 2.45) is 0 Å². The maximum absolute atomic E-state index is 13.0. The molecule has 0 aliphatic rings. The Kier molecular flexibility index (Phi) is 7.83. The molecule has 2 heterocycles. The minimum atomic E-state index is -0.659. The van der Waals surface area contributed by atoms with Crippen LogP contribution in [0, 0.1) is 0 Å². The van der Waals surface area contributed by atoms with Crippen molar-refractivity contribution in [2.75, 3.05) is 20.2 Å². The number of H-pyrrole nitrogens is 1. The summed E-state index contributed by atoms with van der Waals surface area (Å²) in [4.78, 5) is 57.1. The van der Waals surface area contributed by atoms with E-state index in [1.807, 2.05) is 20.8 Å². The summed E-state index contributed by atoms with van der Waals surface area (Å²) in [5, 5.41) is 5.54. The number of carbonyl (C=O) groups excluding carboxylic acids is 2. The molecule has 3 aromatic rings. The molecule has 0 bridgehead atoms. The number of aryl methyl sites for hydroxylation is 1. The van der Waals surface area contributed by atoms with Crippen LogP contribution in [0.4, 0.5) is 0 Å². The van der Waals surface area contributed by atoms with Gasteiger partial charge >= 0.3 is 5.69 Å². The lowest BCUT2D eigenvalue weighted by Gasteiger charge is -2.14. The van der Waals surface area contributed by atoms with Crippen LogP contribution in [0.25, 0.3) is 11.0 Å². The van der Waals surface area contributed by atoms with Crippen molar-refractivity contribution in [3.05, 3.63) is 68.0 Å². The van der Waals surface area contributed by atoms with Gasteiger partial charge in [-0.2, -0.15) is 0 Å². The number of fused-ring (bicyclic) bond motifs is 1. The highest BCUT2D eigenvalue weighted by Gasteiger charge is 2.20. The second-order valence-electron chi connectivity index (χ2n) is 8.10. The predicted octanol–water partition coefficient (Wildman–Crippen LogP) is 1.79. The zero-order valence-corrected chi connectivity index (χ0v) is 19.7. The first-order chi connectivity index (χ1) is 16.3. The molecule has 0 atom stereocenters. The number of carbonyl (C=O) groups is 2. The zero-order valence-electron chi connectivity index (χ0n) is 19.7. The summed E-state index contributed by atoms with van der Waals surface area (Å²) in [6.45, 7) is 6.43. The minimum absolute atomic E-state index is 0.0239. The molecule has 0 saturated carbocycles. The van der Waals surface area contributed by atoms with Gasteiger partial charge in [0.15, 0.2) is 5.65 Å². The third kappa shape index (κ3) is 5.33. The molecule has 180 valence electrons. The van der Waals surface area contributed by atoms with Gasteiger partial charge in [0.1, 0.15) is 5.75 Å². The molecule has 0 fully saturated rings. The number of pyridine rings is 1. The number of methoxy groups -OCH3 is 1. The second-order valence-corrected chi connectivity index (χ2v) is 8.10. The number of ether oxygens (including phenoxy) is 1. The van der Waals surface area contributed by atoms with Gasteiger partial charge in [0.25, 0.3) is 17.4 Å². The zero-order chi connectivity index (χ0) is 24.8. The number of benzene rings is 1. The largest absolute Gasteiger partial charge is 0.497 e. The van der Waals surface area contributed by atoms with E-state index in [1.54, 1.807) is 37.4 Å². The van der Waals surface area contributed by atoms with Gasteiger partial charge in [0.05, 0.1) is 18.1 Å². The first kappa shape index (κ1) is 24.7. The fraction of sp³-hybridized carbons (Fsp3) is 0.375. The van der Waals surface area contributed by atoms with Crippen LogP contribution in [-0.2, 0) is 6.54 Å². The standard InChI is InChI=1S/C24H29N5O5/c1-5-12-29-20-19(23(32)28-24(29)33)17(13-18(27-20)14(2)3)22(31)26-11-10-25-21(30)15-6-8-16(34-4)9-7-15/h6-9,13-14H,5,10-12H2,1-4H3,(H,25,30)(H,26,31)(H,28,32,33). The molecule has 2 aromatic heterocycles. The van der Waals surface area contributed by atoms with E-state index in [-0.39, 0.29) is 41.5 Å². The van der Waals surface area contributed by atoms with E-state index in [0.29, 0.717) is 30.0 Å². The SMILES string of the molecule is CCCn1c(=O)[nH]c(=O)c2c(C(=O)NCCNC(=O)c3ccc(OC)cc3)cc(C(C)C)nc21. The Bertz CT molecular complexity index is 1310. The van der Waals surface area contributed by atoms with Crippen LogP contribution in [0.15, 0.2) is 39.9 Å². The number of rotatable bonds is 9. The van der Waals surface area contributed by atoms with Crippen molar-refractivity contribution in [2.45, 2.75) is 39.7 Å². The van der Waals surface area contributed by atoms with Gasteiger partial charge in [-0.05, 0) is 42.7 Å². The molecule has 0 unspecified atom stereocenters. The average Bonchev–Trinajstić information content (AvgIpc) is 2.83. The summed E-state index contributed by atoms with van der Waals surface area (Å²) in [6.07, 6.45) is 0.657. The van der Waals surface area contributed by atoms with E-state index in [4.69, 9.17) is 4.74 Å². The van der Waals surface area contributed by atoms with E-state index in [1.165, 1.54) is 4.57 Å². The summed E-state index contributed by atoms with van der Waals surface area (Å²) in [5.74, 6) is -0.147. The van der Waals surface area contributed by atoms with Gasteiger partial charge in [0, 0.05) is 30.9 Å². The van der Waals surface area contributed by atoms with Gasteiger partial charge in [-0.1, -0.05) is 20.8 Å². The lowest BCUT2D eigenvalue weighted by atomic mass is 10.0. The average molecular weight is 468 g/mol. The molecule has 0 aliphatic carbocycles. The number of aromatic amines is 1. The van der Waals surface area contributed by atoms with Crippen molar-refractivity contribution in [1.29, 1.82) is 0 Å². The van der Waals surface area contributed by atoms with Crippen molar-refractivity contribution in [3.8, 4) is 5.75 Å². The molecule has 0 spiro atoms. The first-order valence-corrected chi connectivity index (χ1v) is 11.1. The van der Waals surface area contributed by atoms with Crippen LogP contribution in [0.1, 0.15) is 59.5 Å². The monoisotopic (exact) mass is 467 g/mol. The number of amides is 2. The Morgan fingerprint density at radius 3 is 2.32 bits per heavy atom. The Morgan fingerprint density at radius 1 is 1.09 bits per heavy atom. The molecule has 0 aliphatic heterocycles. The van der Waals surface area contributed by atoms with Gasteiger partial charge in [-0.25, -0.2) is 9.78 Å². The number of hydrogen-bond acceptors (Lipinski definition) is 6. The highest BCUT2D eigenvalue weighted by Crippen LogP contribution is 2.20. The Labute approximate surface area is 196 Å². The summed E-state index contributed by atoms with van der Waals surface area (Å²) >= 11 is 0. The van der Waals surface area contributed by atoms with E-state index < -0.39 is 17.2 Å². The molecule has 10 heteroatoms. The molecule has 0 radical (unpaired) electrons. The molecule has 34 heavy (non-hydrogen) atoms. The summed E-state index contributed by atoms with van der Waals surface area (Å²) in [6, 6.07) is 8.24. The van der Waals surface area contributed by atoms with Crippen molar-refractivity contribution in [1.82, 2.24) is 25.2 Å². The Morgan fingerprint density at radius 2 is 1.74 bits per heavy atom. The van der Waals surface area contributed by atoms with Crippen LogP contribution >= 0.6 is 0 Å². The number of hydrogen-bond donors (Lipinski definition) is 3. The third-order valence-corrected chi connectivity index (χ3v) is 5.30. The Balaban J connectivity index is 1.80. The smallest absolute Gasteiger partial charge is 0.329 e. The molecule has 1 aromatic carbocycles. The maximum atomic E-state index is 13.0. The van der Waals surface area contributed by atoms with Crippen LogP contribution in [-0.4, -0.2) is 46.5 Å². The van der Waals surface area contributed by atoms with Crippen LogP contribution in [0.2, 0.25) is 0 Å². The van der Waals surface area contributed by atoms with Crippen molar-refractivity contribution in [3.63, 3.8) is 0 Å². The summed E-state index contributed by atoms with van der Waals surface area (Å²) in [5.41, 5.74) is 0.184. The van der Waals surface area contributed by atoms with Gasteiger partial charge < -0.3 is 15.4 Å². The van der Waals surface area contributed by atoms with Crippen molar-refractivity contribution < 1.29 is 14.3 Å². The quantitative estimate of drug-likeness (QED) is 0.411. The van der Waals surface area contributed by atoms with Gasteiger partial charge in [-0.15, -0.1) is 0 Å². The van der Waals surface area contributed by atoms with Crippen LogP contribution in [0.3, 0.4) is 0 Å². The first-order valence-electron chi connectivity index (χ1n) is 11.1. The number of nitrogens with one attached hydrogen (secondary N) is 3. The number of aromatic nitrogens is 3. The molecule has 0 saturated heterocycles. The molecular formula is C24H29N5O5. The Hall–Kier alpha value is -3.95. The number of nitrogens with zero attached hydrogens (tertiary/aromatic N) is 2. The fourth-order valence-electron chi connectivity index (χ4n) is 3.49. The molecule has 2 amide bonds.